The molecule has 0 spiro atoms. The van der Waals surface area contributed by atoms with Gasteiger partial charge in [-0.1, -0.05) is 33.6 Å². The maximum absolute atomic E-state index is 13.4. The van der Waals surface area contributed by atoms with Gasteiger partial charge in [-0.3, -0.25) is 13.9 Å². The number of nitrogens with one attached hydrogen (secondary N) is 2. The highest BCUT2D eigenvalue weighted by Gasteiger charge is 2.27. The average molecular weight is 516 g/mol. The molecule has 166 valence electrons. The van der Waals surface area contributed by atoms with Gasteiger partial charge in [0.1, 0.15) is 6.54 Å². The topological polar surface area (TPSA) is 95.6 Å². The fourth-order valence-electron chi connectivity index (χ4n) is 2.93. The molecule has 0 atom stereocenters. The SMILES string of the molecule is CC(=O)Nc1ccc(NC(=O)CN(c2ccc(Br)cc2)S(=O)(=O)c2ccc(C)cc2)cc1. The van der Waals surface area contributed by atoms with Gasteiger partial charge in [-0.2, -0.15) is 0 Å². The summed E-state index contributed by atoms with van der Waals surface area (Å²) in [6.07, 6.45) is 0. The van der Waals surface area contributed by atoms with Crippen LogP contribution in [0.25, 0.3) is 0 Å². The summed E-state index contributed by atoms with van der Waals surface area (Å²) in [5, 5.41) is 5.34. The van der Waals surface area contributed by atoms with Crippen molar-refractivity contribution in [2.45, 2.75) is 18.7 Å². The van der Waals surface area contributed by atoms with Crippen molar-refractivity contribution in [2.24, 2.45) is 0 Å². The minimum atomic E-state index is -3.98. The van der Waals surface area contributed by atoms with Gasteiger partial charge in [-0.15, -0.1) is 0 Å². The second-order valence-corrected chi connectivity index (χ2v) is 9.89. The van der Waals surface area contributed by atoms with E-state index in [0.29, 0.717) is 17.1 Å². The molecule has 3 rings (SSSR count). The van der Waals surface area contributed by atoms with Crippen LogP contribution in [-0.4, -0.2) is 26.8 Å². The van der Waals surface area contributed by atoms with Crippen LogP contribution in [0.3, 0.4) is 0 Å². The summed E-state index contributed by atoms with van der Waals surface area (Å²) in [4.78, 5) is 24.0. The number of aryl methyl sites for hydroxylation is 1. The Labute approximate surface area is 195 Å². The molecule has 0 heterocycles. The number of nitrogens with zero attached hydrogens (tertiary/aromatic N) is 1. The first-order valence-electron chi connectivity index (χ1n) is 9.67. The molecule has 0 saturated carbocycles. The molecular formula is C23H22BrN3O4S. The number of amides is 2. The van der Waals surface area contributed by atoms with E-state index in [1.54, 1.807) is 60.7 Å². The van der Waals surface area contributed by atoms with Gasteiger partial charge >= 0.3 is 0 Å². The lowest BCUT2D eigenvalue weighted by Crippen LogP contribution is -2.38. The molecule has 0 aliphatic rings. The van der Waals surface area contributed by atoms with Crippen LogP contribution in [0.1, 0.15) is 12.5 Å². The van der Waals surface area contributed by atoms with E-state index in [1.807, 2.05) is 6.92 Å². The smallest absolute Gasteiger partial charge is 0.264 e. The Hall–Kier alpha value is -3.17. The summed E-state index contributed by atoms with van der Waals surface area (Å²) in [6, 6.07) is 19.7. The van der Waals surface area contributed by atoms with Crippen LogP contribution in [0.5, 0.6) is 0 Å². The molecular weight excluding hydrogens is 494 g/mol. The quantitative estimate of drug-likeness (QED) is 0.482. The van der Waals surface area contributed by atoms with Crippen molar-refractivity contribution in [3.8, 4) is 0 Å². The highest BCUT2D eigenvalue weighted by Crippen LogP contribution is 2.26. The van der Waals surface area contributed by atoms with Gasteiger partial charge in [-0.25, -0.2) is 8.42 Å². The molecule has 3 aromatic rings. The van der Waals surface area contributed by atoms with Crippen LogP contribution in [0.2, 0.25) is 0 Å². The highest BCUT2D eigenvalue weighted by molar-refractivity contribution is 9.10. The van der Waals surface area contributed by atoms with Gasteiger partial charge in [0.15, 0.2) is 0 Å². The largest absolute Gasteiger partial charge is 0.326 e. The molecule has 0 aliphatic carbocycles. The van der Waals surface area contributed by atoms with Crippen LogP contribution in [0.4, 0.5) is 17.1 Å². The van der Waals surface area contributed by atoms with Crippen molar-refractivity contribution in [3.63, 3.8) is 0 Å². The summed E-state index contributed by atoms with van der Waals surface area (Å²) in [5.41, 5.74) is 2.37. The monoisotopic (exact) mass is 515 g/mol. The van der Waals surface area contributed by atoms with Gasteiger partial charge < -0.3 is 10.6 Å². The third-order valence-electron chi connectivity index (χ3n) is 4.50. The lowest BCUT2D eigenvalue weighted by molar-refractivity contribution is -0.115. The molecule has 2 N–H and O–H groups in total. The van der Waals surface area contributed by atoms with Crippen molar-refractivity contribution >= 4 is 54.8 Å². The normalized spacial score (nSPS) is 11.0. The Bertz CT molecular complexity index is 1210. The Kier molecular flexibility index (Phi) is 7.32. The first-order chi connectivity index (χ1) is 15.1. The maximum Gasteiger partial charge on any atom is 0.264 e. The molecule has 9 heteroatoms. The lowest BCUT2D eigenvalue weighted by atomic mass is 10.2. The Morgan fingerprint density at radius 1 is 0.844 bits per heavy atom. The number of benzene rings is 3. The van der Waals surface area contributed by atoms with E-state index in [4.69, 9.17) is 0 Å². The number of carbonyl (C=O) groups is 2. The van der Waals surface area contributed by atoms with Crippen molar-refractivity contribution in [1.29, 1.82) is 0 Å². The number of sulfonamides is 1. The maximum atomic E-state index is 13.4. The summed E-state index contributed by atoms with van der Waals surface area (Å²) >= 11 is 3.34. The second-order valence-electron chi connectivity index (χ2n) is 7.11. The van der Waals surface area contributed by atoms with Crippen LogP contribution < -0.4 is 14.9 Å². The lowest BCUT2D eigenvalue weighted by Gasteiger charge is -2.24. The number of carbonyl (C=O) groups excluding carboxylic acids is 2. The predicted molar refractivity (Wildman–Crippen MR) is 129 cm³/mol. The summed E-state index contributed by atoms with van der Waals surface area (Å²) in [6.45, 7) is 2.86. The van der Waals surface area contributed by atoms with E-state index in [1.165, 1.54) is 19.1 Å². The van der Waals surface area contributed by atoms with E-state index < -0.39 is 22.5 Å². The van der Waals surface area contributed by atoms with Crippen LogP contribution in [0.15, 0.2) is 82.2 Å². The molecule has 0 unspecified atom stereocenters. The van der Waals surface area contributed by atoms with Crippen molar-refractivity contribution in [2.75, 3.05) is 21.5 Å². The predicted octanol–water partition coefficient (Wildman–Crippen LogP) is 4.55. The van der Waals surface area contributed by atoms with Crippen LogP contribution in [0, 0.1) is 6.92 Å². The first-order valence-corrected chi connectivity index (χ1v) is 11.9. The molecule has 32 heavy (non-hydrogen) atoms. The molecule has 0 radical (unpaired) electrons. The Balaban J connectivity index is 1.85. The number of anilines is 3. The standard InChI is InChI=1S/C23H22BrN3O4S/c1-16-3-13-22(14-4-16)32(30,31)27(21-11-5-18(24)6-12-21)15-23(29)26-20-9-7-19(8-10-20)25-17(2)28/h3-14H,15H2,1-2H3,(H,25,28)(H,26,29). The summed E-state index contributed by atoms with van der Waals surface area (Å²) < 4.78 is 28.6. The minimum Gasteiger partial charge on any atom is -0.326 e. The van der Waals surface area contributed by atoms with Gasteiger partial charge in [0.25, 0.3) is 10.0 Å². The Morgan fingerprint density at radius 3 is 1.91 bits per heavy atom. The summed E-state index contributed by atoms with van der Waals surface area (Å²) in [5.74, 6) is -0.705. The van der Waals surface area contributed by atoms with E-state index in [2.05, 4.69) is 26.6 Å². The van der Waals surface area contributed by atoms with E-state index in [0.717, 1.165) is 14.3 Å². The fourth-order valence-corrected chi connectivity index (χ4v) is 4.62. The highest BCUT2D eigenvalue weighted by atomic mass is 79.9. The van der Waals surface area contributed by atoms with Crippen molar-refractivity contribution < 1.29 is 18.0 Å². The molecule has 3 aromatic carbocycles. The third kappa shape index (κ3) is 5.95. The number of rotatable bonds is 7. The zero-order valence-corrected chi connectivity index (χ0v) is 19.9. The van der Waals surface area contributed by atoms with Gasteiger partial charge in [0, 0.05) is 22.8 Å². The average Bonchev–Trinajstić information content (AvgIpc) is 2.74. The zero-order valence-electron chi connectivity index (χ0n) is 17.5. The van der Waals surface area contributed by atoms with E-state index in [9.17, 15) is 18.0 Å². The zero-order chi connectivity index (χ0) is 23.3. The minimum absolute atomic E-state index is 0.0958. The number of hydrogen-bond acceptors (Lipinski definition) is 4. The Morgan fingerprint density at radius 2 is 1.38 bits per heavy atom. The summed E-state index contributed by atoms with van der Waals surface area (Å²) in [7, 11) is -3.98. The third-order valence-corrected chi connectivity index (χ3v) is 6.82. The molecule has 7 nitrogen and oxygen atoms in total. The molecule has 0 aliphatic heterocycles. The van der Waals surface area contributed by atoms with Crippen LogP contribution in [-0.2, 0) is 19.6 Å². The van der Waals surface area contributed by atoms with Crippen LogP contribution >= 0.6 is 15.9 Å². The van der Waals surface area contributed by atoms with Gasteiger partial charge in [0.2, 0.25) is 11.8 Å². The molecule has 0 aromatic heterocycles. The fraction of sp³-hybridized carbons (Fsp3) is 0.130. The molecule has 0 saturated heterocycles. The number of hydrogen-bond donors (Lipinski definition) is 2. The van der Waals surface area contributed by atoms with E-state index >= 15 is 0 Å². The van der Waals surface area contributed by atoms with Gasteiger partial charge in [-0.05, 0) is 67.6 Å². The molecule has 0 bridgehead atoms. The molecule has 2 amide bonds. The van der Waals surface area contributed by atoms with Crippen molar-refractivity contribution in [3.05, 3.63) is 82.8 Å². The first kappa shape index (κ1) is 23.5. The second kappa shape index (κ2) is 9.97. The van der Waals surface area contributed by atoms with Gasteiger partial charge in [0.05, 0.1) is 10.6 Å². The van der Waals surface area contributed by atoms with E-state index in [-0.39, 0.29) is 10.8 Å². The van der Waals surface area contributed by atoms with Crippen molar-refractivity contribution in [1.82, 2.24) is 0 Å². The number of halogens is 1. The molecule has 0 fully saturated rings.